The van der Waals surface area contributed by atoms with E-state index in [-0.39, 0.29) is 72.9 Å². The fourth-order valence-corrected chi connectivity index (χ4v) is 8.34. The third-order valence-corrected chi connectivity index (χ3v) is 20.8. The second-order valence-corrected chi connectivity index (χ2v) is 29.5. The molecule has 16 heteroatoms. The topological polar surface area (TPSA) is 175 Å². The van der Waals surface area contributed by atoms with Gasteiger partial charge in [0, 0.05) is 61.4 Å². The largest absolute Gasteiger partial charge is 0.404 e. The van der Waals surface area contributed by atoms with E-state index in [0.717, 1.165) is 0 Å². The van der Waals surface area contributed by atoms with Crippen LogP contribution in [0.5, 0.6) is 0 Å². The zero-order valence-corrected chi connectivity index (χ0v) is 37.0. The van der Waals surface area contributed by atoms with Crippen molar-refractivity contribution in [1.29, 1.82) is 0 Å². The van der Waals surface area contributed by atoms with Crippen LogP contribution in [-0.4, -0.2) is 114 Å². The monoisotopic (exact) mass is 782 g/mol. The third kappa shape index (κ3) is 17.1. The molecule has 4 amide bonds. The van der Waals surface area contributed by atoms with E-state index in [0.29, 0.717) is 24.6 Å². The Morgan fingerprint density at radius 1 is 0.560 bits per heavy atom. The zero-order chi connectivity index (χ0) is 39.2. The summed E-state index contributed by atoms with van der Waals surface area (Å²) in [5, 5.41) is 31.0. The molecule has 50 heavy (non-hydrogen) atoms. The summed E-state index contributed by atoms with van der Waals surface area (Å²) in [4.78, 5) is 50.8. The maximum atomic E-state index is 13.1. The van der Waals surface area contributed by atoms with Crippen LogP contribution in [0.1, 0.15) is 82.1 Å². The highest BCUT2D eigenvalue weighted by Crippen LogP contribution is 2.41. The second kappa shape index (κ2) is 20.9. The van der Waals surface area contributed by atoms with Crippen molar-refractivity contribution in [3.05, 3.63) is 0 Å². The van der Waals surface area contributed by atoms with Crippen molar-refractivity contribution in [2.45, 2.75) is 131 Å². The first-order valence-electron chi connectivity index (χ1n) is 17.6. The van der Waals surface area contributed by atoms with Gasteiger partial charge in [0.1, 0.15) is 12.2 Å². The number of aliphatic hydroxyl groups is 2. The molecule has 6 N–H and O–H groups in total. The van der Waals surface area contributed by atoms with Gasteiger partial charge in [-0.2, -0.15) is 0 Å². The van der Waals surface area contributed by atoms with Crippen LogP contribution >= 0.6 is 21.6 Å². The number of amides is 4. The number of hydrogen-bond donors (Lipinski definition) is 6. The van der Waals surface area contributed by atoms with Crippen molar-refractivity contribution in [3.8, 4) is 0 Å². The number of carbonyl (C=O) groups excluding carboxylic acids is 4. The molecule has 0 radical (unpaired) electrons. The number of aliphatic hydroxyl groups excluding tert-OH is 2. The third-order valence-electron chi connectivity index (χ3n) is 9.55. The predicted octanol–water partition coefficient (Wildman–Crippen LogP) is 4.43. The lowest BCUT2D eigenvalue weighted by molar-refractivity contribution is -0.136. The lowest BCUT2D eigenvalue weighted by Crippen LogP contribution is -2.55. The molecule has 0 aliphatic heterocycles. The number of nitrogens with one attached hydrogen (secondary N) is 4. The van der Waals surface area contributed by atoms with E-state index in [9.17, 15) is 29.4 Å². The SMILES string of the molecule is CC(C)(CO)C(O[Si](C)(C)C(C)(C)C)C(=O)NCCC(=O)NCCSSCCNC(=O)CCNC(=O)C(O[Si](C)(C)C(C)(C)C)C(C)(C)CO. The van der Waals surface area contributed by atoms with Gasteiger partial charge in [0.25, 0.3) is 0 Å². The van der Waals surface area contributed by atoms with Crippen LogP contribution in [0.4, 0.5) is 0 Å². The molecule has 294 valence electrons. The maximum absolute atomic E-state index is 13.1. The Labute approximate surface area is 312 Å². The molecule has 0 aliphatic rings. The molecule has 0 heterocycles. The van der Waals surface area contributed by atoms with E-state index >= 15 is 0 Å². The van der Waals surface area contributed by atoms with E-state index in [2.05, 4.69) is 89.0 Å². The van der Waals surface area contributed by atoms with Crippen molar-refractivity contribution < 1.29 is 38.2 Å². The molecular weight excluding hydrogens is 713 g/mol. The van der Waals surface area contributed by atoms with Crippen molar-refractivity contribution >= 4 is 61.9 Å². The van der Waals surface area contributed by atoms with Crippen molar-refractivity contribution in [2.24, 2.45) is 10.8 Å². The van der Waals surface area contributed by atoms with Gasteiger partial charge in [0.15, 0.2) is 16.6 Å². The smallest absolute Gasteiger partial charge is 0.248 e. The van der Waals surface area contributed by atoms with Gasteiger partial charge in [0.05, 0.1) is 13.2 Å². The van der Waals surface area contributed by atoms with Crippen molar-refractivity contribution in [2.75, 3.05) is 50.9 Å². The molecule has 2 atom stereocenters. The number of carbonyl (C=O) groups is 4. The van der Waals surface area contributed by atoms with E-state index < -0.39 is 39.7 Å². The Balaban J connectivity index is 4.39. The van der Waals surface area contributed by atoms with Crippen molar-refractivity contribution in [3.63, 3.8) is 0 Å². The van der Waals surface area contributed by atoms with E-state index in [1.54, 1.807) is 49.3 Å². The minimum absolute atomic E-state index is 0.104. The summed E-state index contributed by atoms with van der Waals surface area (Å²) in [5.41, 5.74) is -1.56. The van der Waals surface area contributed by atoms with Crippen LogP contribution in [-0.2, 0) is 28.0 Å². The van der Waals surface area contributed by atoms with Crippen LogP contribution in [0.15, 0.2) is 0 Å². The highest BCUT2D eigenvalue weighted by atomic mass is 33.1. The Kier molecular flexibility index (Phi) is 20.4. The summed E-state index contributed by atoms with van der Waals surface area (Å²) in [6.07, 6.45) is -1.39. The molecular formula is C34H70N4O8S2Si2. The summed E-state index contributed by atoms with van der Waals surface area (Å²) in [6, 6.07) is 0. The first-order chi connectivity index (χ1) is 22.6. The van der Waals surface area contributed by atoms with Crippen LogP contribution in [0.3, 0.4) is 0 Å². The average Bonchev–Trinajstić information content (AvgIpc) is 2.98. The van der Waals surface area contributed by atoms with Gasteiger partial charge >= 0.3 is 0 Å². The lowest BCUT2D eigenvalue weighted by atomic mass is 9.87. The highest BCUT2D eigenvalue weighted by molar-refractivity contribution is 8.76. The molecule has 0 fully saturated rings. The lowest BCUT2D eigenvalue weighted by Gasteiger charge is -2.43. The first-order valence-corrected chi connectivity index (χ1v) is 25.9. The quantitative estimate of drug-likeness (QED) is 0.0495. The Morgan fingerprint density at radius 2 is 0.860 bits per heavy atom. The van der Waals surface area contributed by atoms with Crippen molar-refractivity contribution in [1.82, 2.24) is 21.3 Å². The second-order valence-electron chi connectivity index (χ2n) is 17.2. The van der Waals surface area contributed by atoms with Gasteiger partial charge in [0.2, 0.25) is 23.6 Å². The summed E-state index contributed by atoms with van der Waals surface area (Å²) in [5.74, 6) is 0.365. The van der Waals surface area contributed by atoms with E-state index in [1.807, 2.05) is 0 Å². The van der Waals surface area contributed by atoms with Gasteiger partial charge in [-0.25, -0.2) is 0 Å². The molecule has 0 aromatic rings. The summed E-state index contributed by atoms with van der Waals surface area (Å²) < 4.78 is 12.8. The van der Waals surface area contributed by atoms with E-state index in [1.165, 1.54) is 0 Å². The number of rotatable bonds is 23. The Morgan fingerprint density at radius 3 is 1.12 bits per heavy atom. The summed E-state index contributed by atoms with van der Waals surface area (Å²) >= 11 is 0. The predicted molar refractivity (Wildman–Crippen MR) is 212 cm³/mol. The molecule has 0 aromatic heterocycles. The van der Waals surface area contributed by atoms with Crippen LogP contribution in [0.25, 0.3) is 0 Å². The molecule has 0 aromatic carbocycles. The Bertz CT molecular complexity index is 1010. The normalized spacial score (nSPS) is 14.5. The Hall–Kier alpha value is -1.15. The minimum atomic E-state index is -2.29. The van der Waals surface area contributed by atoms with Gasteiger partial charge in [-0.3, -0.25) is 19.2 Å². The highest BCUT2D eigenvalue weighted by Gasteiger charge is 2.46. The number of hydrogen-bond acceptors (Lipinski definition) is 10. The van der Waals surface area contributed by atoms with Crippen LogP contribution in [0, 0.1) is 10.8 Å². The molecule has 12 nitrogen and oxygen atoms in total. The average molecular weight is 783 g/mol. The standard InChI is InChI=1S/C34H70N4O8S2Si2/c1-31(2,3)49(11,12)45-27(33(7,8)23-39)29(43)37-17-15-25(41)35-19-21-47-48-22-20-36-26(42)16-18-38-30(44)28(34(9,10)24-40)46-50(13,14)32(4,5)6/h27-28,39-40H,15-24H2,1-14H3,(H,35,41)(H,36,42)(H,37,43)(H,38,44). The fourth-order valence-electron chi connectivity index (χ4n) is 3.79. The molecule has 0 aliphatic carbocycles. The summed E-state index contributed by atoms with van der Waals surface area (Å²) in [6.45, 7) is 28.9. The molecule has 0 saturated heterocycles. The summed E-state index contributed by atoms with van der Waals surface area (Å²) in [7, 11) is -1.41. The zero-order valence-electron chi connectivity index (χ0n) is 33.4. The van der Waals surface area contributed by atoms with E-state index in [4.69, 9.17) is 8.85 Å². The first kappa shape index (κ1) is 48.9. The van der Waals surface area contributed by atoms with Gasteiger partial charge in [-0.1, -0.05) is 90.8 Å². The van der Waals surface area contributed by atoms with Gasteiger partial charge < -0.3 is 40.3 Å². The van der Waals surface area contributed by atoms with Crippen LogP contribution < -0.4 is 21.3 Å². The maximum Gasteiger partial charge on any atom is 0.248 e. The van der Waals surface area contributed by atoms with Crippen LogP contribution in [0.2, 0.25) is 36.3 Å². The molecule has 0 spiro atoms. The fraction of sp³-hybridized carbons (Fsp3) is 0.882. The molecule has 0 saturated carbocycles. The van der Waals surface area contributed by atoms with Gasteiger partial charge in [-0.05, 0) is 36.3 Å². The van der Waals surface area contributed by atoms with Gasteiger partial charge in [-0.15, -0.1) is 0 Å². The molecule has 0 bridgehead atoms. The minimum Gasteiger partial charge on any atom is -0.404 e. The molecule has 0 rings (SSSR count). The molecule has 2 unspecified atom stereocenters.